The fourth-order valence-corrected chi connectivity index (χ4v) is 3.29. The predicted octanol–water partition coefficient (Wildman–Crippen LogP) is 2.18. The second-order valence-corrected chi connectivity index (χ2v) is 6.61. The zero-order valence-electron chi connectivity index (χ0n) is 12.3. The average molecular weight is 339 g/mol. The Kier molecular flexibility index (Phi) is 5.62. The van der Waals surface area contributed by atoms with Crippen LogP contribution in [0.4, 0.5) is 0 Å². The van der Waals surface area contributed by atoms with Crippen LogP contribution in [0.25, 0.3) is 5.13 Å². The summed E-state index contributed by atoms with van der Waals surface area (Å²) in [4.78, 5) is 28.3. The van der Waals surface area contributed by atoms with Gasteiger partial charge in [-0.2, -0.15) is 11.8 Å². The van der Waals surface area contributed by atoms with Gasteiger partial charge in [0.25, 0.3) is 5.91 Å². The summed E-state index contributed by atoms with van der Waals surface area (Å²) in [6.45, 7) is 1.75. The van der Waals surface area contributed by atoms with Crippen LogP contribution >= 0.6 is 23.1 Å². The highest BCUT2D eigenvalue weighted by molar-refractivity contribution is 7.98. The van der Waals surface area contributed by atoms with E-state index in [9.17, 15) is 14.7 Å². The molecule has 0 aliphatic carbocycles. The molecule has 1 amide bonds. The van der Waals surface area contributed by atoms with Crippen molar-refractivity contribution < 1.29 is 14.7 Å². The van der Waals surface area contributed by atoms with Crippen molar-refractivity contribution in [1.29, 1.82) is 0 Å². The molecule has 2 aromatic heterocycles. The van der Waals surface area contributed by atoms with Crippen molar-refractivity contribution in [3.05, 3.63) is 35.1 Å². The summed E-state index contributed by atoms with van der Waals surface area (Å²) in [7, 11) is 0. The van der Waals surface area contributed by atoms with E-state index < -0.39 is 12.0 Å². The lowest BCUT2D eigenvalue weighted by molar-refractivity contribution is -0.139. The van der Waals surface area contributed by atoms with Crippen LogP contribution in [0.15, 0.2) is 24.5 Å². The van der Waals surface area contributed by atoms with Gasteiger partial charge >= 0.3 is 5.97 Å². The Balaban J connectivity index is 2.13. The van der Waals surface area contributed by atoms with Crippen LogP contribution < -0.4 is 5.32 Å². The third-order valence-corrected chi connectivity index (χ3v) is 4.84. The summed E-state index contributed by atoms with van der Waals surface area (Å²) in [5.74, 6) is -0.731. The molecule has 6 nitrogen and oxygen atoms in total. The zero-order chi connectivity index (χ0) is 16.1. The van der Waals surface area contributed by atoms with Gasteiger partial charge in [-0.1, -0.05) is 11.3 Å². The number of carbonyl (C=O) groups excluding carboxylic acids is 1. The van der Waals surface area contributed by atoms with Crippen LogP contribution in [0.1, 0.15) is 21.8 Å². The van der Waals surface area contributed by atoms with Gasteiger partial charge in [-0.25, -0.2) is 9.78 Å². The smallest absolute Gasteiger partial charge is 0.326 e. The molecule has 0 spiro atoms. The Bertz CT molecular complexity index is 652. The van der Waals surface area contributed by atoms with Gasteiger partial charge in [-0.05, 0) is 37.5 Å². The molecule has 2 N–H and O–H groups in total. The van der Waals surface area contributed by atoms with E-state index in [4.69, 9.17) is 0 Å². The van der Waals surface area contributed by atoms with E-state index in [1.165, 1.54) is 11.3 Å². The number of hydrogen-bond acceptors (Lipinski definition) is 5. The first-order valence-corrected chi connectivity index (χ1v) is 8.87. The molecular weight excluding hydrogens is 322 g/mol. The van der Waals surface area contributed by atoms with Crippen molar-refractivity contribution in [2.75, 3.05) is 12.0 Å². The summed E-state index contributed by atoms with van der Waals surface area (Å²) in [5.41, 5.74) is 0.597. The fourth-order valence-electron chi connectivity index (χ4n) is 1.88. The lowest BCUT2D eigenvalue weighted by atomic mass is 10.2. The molecule has 0 aliphatic heterocycles. The van der Waals surface area contributed by atoms with Gasteiger partial charge in [0, 0.05) is 12.4 Å². The van der Waals surface area contributed by atoms with Crippen molar-refractivity contribution in [3.8, 4) is 5.13 Å². The van der Waals surface area contributed by atoms with Crippen molar-refractivity contribution in [2.24, 2.45) is 0 Å². The maximum Gasteiger partial charge on any atom is 0.326 e. The zero-order valence-corrected chi connectivity index (χ0v) is 13.9. The average Bonchev–Trinajstić information content (AvgIpc) is 3.11. The molecule has 0 saturated carbocycles. The molecule has 118 valence electrons. The number of aromatic nitrogens is 2. The number of carbonyl (C=O) groups is 2. The number of carboxylic acid groups (broad SMARTS) is 1. The van der Waals surface area contributed by atoms with Crippen molar-refractivity contribution >= 4 is 35.0 Å². The molecule has 1 atom stereocenters. The number of rotatable bonds is 7. The highest BCUT2D eigenvalue weighted by Gasteiger charge is 2.23. The Morgan fingerprint density at radius 2 is 2.14 bits per heavy atom. The van der Waals surface area contributed by atoms with E-state index in [0.717, 1.165) is 0 Å². The number of thiazole rings is 1. The molecule has 2 rings (SSSR count). The normalized spacial score (nSPS) is 12.1. The highest BCUT2D eigenvalue weighted by atomic mass is 32.2. The SMILES string of the molecule is CSCCC(NC(=O)c1sc(-n2cccc2)nc1C)C(=O)O. The number of nitrogens with one attached hydrogen (secondary N) is 1. The van der Waals surface area contributed by atoms with Gasteiger partial charge in [0.05, 0.1) is 5.69 Å². The number of aliphatic carboxylic acids is 1. The Morgan fingerprint density at radius 1 is 1.45 bits per heavy atom. The molecule has 1 unspecified atom stereocenters. The third-order valence-electron chi connectivity index (χ3n) is 3.03. The van der Waals surface area contributed by atoms with Crippen molar-refractivity contribution in [1.82, 2.24) is 14.9 Å². The lowest BCUT2D eigenvalue weighted by Crippen LogP contribution is -2.41. The van der Waals surface area contributed by atoms with Gasteiger partial charge in [0.1, 0.15) is 10.9 Å². The van der Waals surface area contributed by atoms with Crippen LogP contribution in [0.2, 0.25) is 0 Å². The van der Waals surface area contributed by atoms with E-state index in [0.29, 0.717) is 27.9 Å². The molecule has 0 radical (unpaired) electrons. The minimum Gasteiger partial charge on any atom is -0.480 e. The maximum absolute atomic E-state index is 12.3. The number of nitrogens with zero attached hydrogens (tertiary/aromatic N) is 2. The second-order valence-electron chi connectivity index (χ2n) is 4.65. The molecule has 0 bridgehead atoms. The maximum atomic E-state index is 12.3. The number of thioether (sulfide) groups is 1. The van der Waals surface area contributed by atoms with Crippen molar-refractivity contribution in [3.63, 3.8) is 0 Å². The number of carboxylic acids is 1. The number of aryl methyl sites for hydroxylation is 1. The van der Waals surface area contributed by atoms with Crippen LogP contribution in [-0.2, 0) is 4.79 Å². The molecule has 0 aliphatic rings. The van der Waals surface area contributed by atoms with Crippen LogP contribution in [0.5, 0.6) is 0 Å². The van der Waals surface area contributed by atoms with E-state index in [1.54, 1.807) is 18.7 Å². The first kappa shape index (κ1) is 16.6. The van der Waals surface area contributed by atoms with E-state index >= 15 is 0 Å². The van der Waals surface area contributed by atoms with E-state index in [2.05, 4.69) is 10.3 Å². The standard InChI is InChI=1S/C14H17N3O3S2/c1-9-11(22-14(15-9)17-6-3-4-7-17)12(18)16-10(13(19)20)5-8-21-2/h3-4,6-7,10H,5,8H2,1-2H3,(H,16,18)(H,19,20). The van der Waals surface area contributed by atoms with Crippen LogP contribution in [0.3, 0.4) is 0 Å². The molecule has 0 saturated heterocycles. The van der Waals surface area contributed by atoms with Crippen LogP contribution in [0, 0.1) is 6.92 Å². The summed E-state index contributed by atoms with van der Waals surface area (Å²) in [5, 5.41) is 12.4. The summed E-state index contributed by atoms with van der Waals surface area (Å²) >= 11 is 2.79. The lowest BCUT2D eigenvalue weighted by Gasteiger charge is -2.13. The molecule has 2 aromatic rings. The quantitative estimate of drug-likeness (QED) is 0.808. The van der Waals surface area contributed by atoms with Crippen LogP contribution in [-0.4, -0.2) is 44.6 Å². The van der Waals surface area contributed by atoms with E-state index in [1.807, 2.05) is 35.3 Å². The number of hydrogen-bond donors (Lipinski definition) is 2. The largest absolute Gasteiger partial charge is 0.480 e. The highest BCUT2D eigenvalue weighted by Crippen LogP contribution is 2.21. The Hall–Kier alpha value is -1.80. The predicted molar refractivity (Wildman–Crippen MR) is 88.1 cm³/mol. The summed E-state index contributed by atoms with van der Waals surface area (Å²) in [6.07, 6.45) is 5.99. The second kappa shape index (κ2) is 7.46. The third kappa shape index (κ3) is 3.89. The molecule has 2 heterocycles. The summed E-state index contributed by atoms with van der Waals surface area (Å²) < 4.78 is 1.82. The fraction of sp³-hybridized carbons (Fsp3) is 0.357. The molecule has 0 fully saturated rings. The molecule has 0 aromatic carbocycles. The minimum absolute atomic E-state index is 0.387. The van der Waals surface area contributed by atoms with Crippen molar-refractivity contribution in [2.45, 2.75) is 19.4 Å². The van der Waals surface area contributed by atoms with Gasteiger partial charge in [0.15, 0.2) is 5.13 Å². The monoisotopic (exact) mass is 339 g/mol. The van der Waals surface area contributed by atoms with Gasteiger partial charge in [0.2, 0.25) is 0 Å². The first-order valence-electron chi connectivity index (χ1n) is 6.66. The minimum atomic E-state index is -1.02. The number of amides is 1. The van der Waals surface area contributed by atoms with E-state index in [-0.39, 0.29) is 5.91 Å². The first-order chi connectivity index (χ1) is 10.5. The summed E-state index contributed by atoms with van der Waals surface area (Å²) in [6, 6.07) is 2.87. The van der Waals surface area contributed by atoms with Gasteiger partial charge in [-0.3, -0.25) is 4.79 Å². The molecular formula is C14H17N3O3S2. The Labute approximate surface area is 136 Å². The topological polar surface area (TPSA) is 84.2 Å². The Morgan fingerprint density at radius 3 is 2.73 bits per heavy atom. The molecule has 8 heteroatoms. The van der Waals surface area contributed by atoms with Gasteiger partial charge in [-0.15, -0.1) is 0 Å². The molecule has 22 heavy (non-hydrogen) atoms. The van der Waals surface area contributed by atoms with Gasteiger partial charge < -0.3 is 15.0 Å².